The molecule has 1 aliphatic heterocycles. The van der Waals surface area contributed by atoms with Crippen molar-refractivity contribution in [3.63, 3.8) is 0 Å². The van der Waals surface area contributed by atoms with E-state index >= 15 is 0 Å². The van der Waals surface area contributed by atoms with Crippen LogP contribution in [0.25, 0.3) is 6.08 Å². The van der Waals surface area contributed by atoms with Crippen molar-refractivity contribution in [2.24, 2.45) is 4.99 Å². The number of thiophene rings is 1. The molecule has 0 aliphatic carbocycles. The predicted molar refractivity (Wildman–Crippen MR) is 145 cm³/mol. The van der Waals surface area contributed by atoms with Gasteiger partial charge in [0.1, 0.15) is 0 Å². The summed E-state index contributed by atoms with van der Waals surface area (Å²) in [6.45, 7) is 7.49. The fraction of sp³-hybridized carbons (Fsp3) is 0.333. The maximum atomic E-state index is 13.8. The lowest BCUT2D eigenvalue weighted by molar-refractivity contribution is -0.143. The van der Waals surface area contributed by atoms with Crippen LogP contribution >= 0.6 is 22.7 Å². The van der Waals surface area contributed by atoms with Crippen LogP contribution in [0.2, 0.25) is 0 Å². The van der Waals surface area contributed by atoms with E-state index in [1.165, 1.54) is 23.0 Å². The second-order valence-corrected chi connectivity index (χ2v) is 10.2. The highest BCUT2D eigenvalue weighted by Gasteiger charge is 2.34. The van der Waals surface area contributed by atoms with E-state index in [0.29, 0.717) is 38.7 Å². The van der Waals surface area contributed by atoms with Gasteiger partial charge in [0.2, 0.25) is 0 Å². The molecule has 0 amide bonds. The second-order valence-electron chi connectivity index (χ2n) is 8.27. The number of fused-ring (bicyclic) bond motifs is 1. The molecule has 38 heavy (non-hydrogen) atoms. The Morgan fingerprint density at radius 2 is 1.89 bits per heavy atom. The van der Waals surface area contributed by atoms with E-state index in [2.05, 4.69) is 9.73 Å². The summed E-state index contributed by atoms with van der Waals surface area (Å²) in [4.78, 5) is 44.6. The predicted octanol–water partition coefficient (Wildman–Crippen LogP) is 3.12. The largest absolute Gasteiger partial charge is 0.490 e. The molecule has 4 rings (SSSR count). The van der Waals surface area contributed by atoms with Crippen molar-refractivity contribution in [1.29, 1.82) is 0 Å². The summed E-state index contributed by atoms with van der Waals surface area (Å²) in [7, 11) is 1.28. The molecule has 3 aromatic rings. The molecule has 0 bridgehead atoms. The molecule has 0 spiro atoms. The van der Waals surface area contributed by atoms with Gasteiger partial charge in [-0.3, -0.25) is 9.36 Å². The Hall–Kier alpha value is -3.70. The van der Waals surface area contributed by atoms with E-state index in [4.69, 9.17) is 14.2 Å². The van der Waals surface area contributed by atoms with Gasteiger partial charge in [0, 0.05) is 4.88 Å². The Balaban J connectivity index is 1.90. The quantitative estimate of drug-likeness (QED) is 0.373. The van der Waals surface area contributed by atoms with Gasteiger partial charge >= 0.3 is 11.9 Å². The molecule has 9 nitrogen and oxygen atoms in total. The van der Waals surface area contributed by atoms with Crippen LogP contribution in [0.15, 0.2) is 50.7 Å². The van der Waals surface area contributed by atoms with Crippen molar-refractivity contribution in [3.05, 3.63) is 76.6 Å². The van der Waals surface area contributed by atoms with Gasteiger partial charge in [-0.2, -0.15) is 0 Å². The third-order valence-electron chi connectivity index (χ3n) is 5.84. The maximum Gasteiger partial charge on any atom is 0.343 e. The molecule has 0 fully saturated rings. The zero-order valence-electron chi connectivity index (χ0n) is 21.7. The minimum absolute atomic E-state index is 0.176. The lowest BCUT2D eigenvalue weighted by Crippen LogP contribution is -2.40. The zero-order valence-corrected chi connectivity index (χ0v) is 23.4. The Kier molecular flexibility index (Phi) is 8.48. The van der Waals surface area contributed by atoms with Crippen LogP contribution in [-0.2, 0) is 19.1 Å². The summed E-state index contributed by atoms with van der Waals surface area (Å²) < 4.78 is 23.4. The first-order chi connectivity index (χ1) is 18.3. The normalized spacial score (nSPS) is 15.1. The number of hydrogen-bond acceptors (Lipinski definition) is 10. The van der Waals surface area contributed by atoms with Crippen LogP contribution in [-0.4, -0.2) is 43.4 Å². The van der Waals surface area contributed by atoms with Crippen LogP contribution in [0.3, 0.4) is 0 Å². The van der Waals surface area contributed by atoms with Crippen molar-refractivity contribution in [2.45, 2.75) is 33.7 Å². The number of allylic oxidation sites excluding steroid dienone is 1. The van der Waals surface area contributed by atoms with Gasteiger partial charge in [-0.25, -0.2) is 14.6 Å². The SMILES string of the molecule is CCOC(=O)C1=C(C)N=c2s/c(=C\c3sccc3C)c(=O)n2[C@H]1c1ccc(OCC(=O)OC)c(OCC)c1. The number of thiazole rings is 1. The summed E-state index contributed by atoms with van der Waals surface area (Å²) in [6, 6.07) is 6.29. The number of aryl methyl sites for hydroxylation is 1. The molecule has 2 aromatic heterocycles. The molecule has 200 valence electrons. The fourth-order valence-corrected chi connectivity index (χ4v) is 6.00. The van der Waals surface area contributed by atoms with Crippen LogP contribution in [0.4, 0.5) is 0 Å². The van der Waals surface area contributed by atoms with Crippen LogP contribution < -0.4 is 24.4 Å². The van der Waals surface area contributed by atoms with Gasteiger partial charge in [-0.05, 0) is 68.5 Å². The van der Waals surface area contributed by atoms with Gasteiger partial charge < -0.3 is 18.9 Å². The van der Waals surface area contributed by atoms with E-state index in [0.717, 1.165) is 10.4 Å². The highest BCUT2D eigenvalue weighted by atomic mass is 32.1. The van der Waals surface area contributed by atoms with Gasteiger partial charge in [0.25, 0.3) is 5.56 Å². The molecule has 0 saturated heterocycles. The number of hydrogen-bond donors (Lipinski definition) is 0. The number of benzene rings is 1. The van der Waals surface area contributed by atoms with Crippen LogP contribution in [0.5, 0.6) is 11.5 Å². The first-order valence-corrected chi connectivity index (χ1v) is 13.7. The van der Waals surface area contributed by atoms with Crippen LogP contribution in [0.1, 0.15) is 42.8 Å². The lowest BCUT2D eigenvalue weighted by Gasteiger charge is -2.25. The van der Waals surface area contributed by atoms with Gasteiger partial charge in [0.15, 0.2) is 22.9 Å². The van der Waals surface area contributed by atoms with E-state index < -0.39 is 18.0 Å². The Labute approximate surface area is 227 Å². The smallest absolute Gasteiger partial charge is 0.343 e. The first-order valence-electron chi connectivity index (χ1n) is 12.0. The van der Waals surface area contributed by atoms with Crippen molar-refractivity contribution in [2.75, 3.05) is 26.9 Å². The van der Waals surface area contributed by atoms with E-state index in [-0.39, 0.29) is 24.3 Å². The summed E-state index contributed by atoms with van der Waals surface area (Å²) in [5.41, 5.74) is 2.16. The number of esters is 2. The van der Waals surface area contributed by atoms with Crippen molar-refractivity contribution < 1.29 is 28.5 Å². The number of aromatic nitrogens is 1. The number of rotatable bonds is 9. The Bertz CT molecular complexity index is 1580. The fourth-order valence-electron chi connectivity index (χ4n) is 4.04. The molecule has 0 saturated carbocycles. The summed E-state index contributed by atoms with van der Waals surface area (Å²) in [5, 5.41) is 1.98. The average Bonchev–Trinajstić information content (AvgIpc) is 3.44. The molecule has 1 aromatic carbocycles. The first kappa shape index (κ1) is 27.3. The number of nitrogens with zero attached hydrogens (tertiary/aromatic N) is 2. The molecular weight excluding hydrogens is 528 g/mol. The van der Waals surface area contributed by atoms with Crippen molar-refractivity contribution >= 4 is 40.7 Å². The Morgan fingerprint density at radius 1 is 1.11 bits per heavy atom. The third-order valence-corrected chi connectivity index (χ3v) is 7.79. The van der Waals surface area contributed by atoms with Gasteiger partial charge in [-0.15, -0.1) is 11.3 Å². The van der Waals surface area contributed by atoms with E-state index in [1.54, 1.807) is 43.4 Å². The minimum Gasteiger partial charge on any atom is -0.490 e. The standard InChI is InChI=1S/C27H28N2O7S2/c1-6-34-19-12-17(8-9-18(19)36-14-22(30)33-5)24-23(26(32)35-7-2)16(4)28-27-29(24)25(31)21(38-27)13-20-15(3)10-11-37-20/h8-13,24H,6-7,14H2,1-5H3/b21-13-/t24-/m0/s1. The summed E-state index contributed by atoms with van der Waals surface area (Å²) >= 11 is 2.82. The molecule has 11 heteroatoms. The molecule has 0 N–H and O–H groups in total. The second kappa shape index (κ2) is 11.8. The minimum atomic E-state index is -0.800. The number of ether oxygens (including phenoxy) is 4. The maximum absolute atomic E-state index is 13.8. The highest BCUT2D eigenvalue weighted by Crippen LogP contribution is 2.36. The topological polar surface area (TPSA) is 105 Å². The van der Waals surface area contributed by atoms with E-state index in [1.807, 2.05) is 31.4 Å². The summed E-state index contributed by atoms with van der Waals surface area (Å²) in [5.74, 6) is -0.387. The molecule has 0 radical (unpaired) electrons. The molecule has 3 heterocycles. The number of carbonyl (C=O) groups is 2. The van der Waals surface area contributed by atoms with Crippen molar-refractivity contribution in [3.8, 4) is 11.5 Å². The van der Waals surface area contributed by atoms with Gasteiger partial charge in [-0.1, -0.05) is 17.4 Å². The molecule has 1 atom stereocenters. The van der Waals surface area contributed by atoms with E-state index in [9.17, 15) is 14.4 Å². The molecule has 0 unspecified atom stereocenters. The van der Waals surface area contributed by atoms with Gasteiger partial charge in [0.05, 0.1) is 42.2 Å². The Morgan fingerprint density at radius 3 is 2.55 bits per heavy atom. The lowest BCUT2D eigenvalue weighted by atomic mass is 9.95. The highest BCUT2D eigenvalue weighted by molar-refractivity contribution is 7.11. The zero-order chi connectivity index (χ0) is 27.4. The summed E-state index contributed by atoms with van der Waals surface area (Å²) in [6.07, 6.45) is 1.86. The average molecular weight is 557 g/mol. The van der Waals surface area contributed by atoms with Crippen LogP contribution in [0, 0.1) is 6.92 Å². The molecular formula is C27H28N2O7S2. The monoisotopic (exact) mass is 556 g/mol. The molecule has 1 aliphatic rings. The third kappa shape index (κ3) is 5.44. The van der Waals surface area contributed by atoms with Crippen molar-refractivity contribution in [1.82, 2.24) is 4.57 Å². The number of methoxy groups -OCH3 is 1. The number of carbonyl (C=O) groups excluding carboxylic acids is 2.